The van der Waals surface area contributed by atoms with Crippen molar-refractivity contribution in [2.45, 2.75) is 32.2 Å². The number of nitrogen functional groups attached to an aromatic ring is 1. The molecule has 0 spiro atoms. The second kappa shape index (κ2) is 7.19. The minimum Gasteiger partial charge on any atom is -0.399 e. The zero-order valence-electron chi connectivity index (χ0n) is 11.6. The highest BCUT2D eigenvalue weighted by atomic mass is 15.0. The minimum absolute atomic E-state index is 0.811. The second-order valence-corrected chi connectivity index (χ2v) is 5.48. The SMILES string of the molecule is C=C(CNCc1ccc(N)cc1)NCC1CCCC1. The molecular weight excluding hydrogens is 234 g/mol. The van der Waals surface area contributed by atoms with E-state index in [2.05, 4.69) is 29.3 Å². The van der Waals surface area contributed by atoms with E-state index in [1.807, 2.05) is 12.1 Å². The van der Waals surface area contributed by atoms with Crippen LogP contribution in [0.25, 0.3) is 0 Å². The smallest absolute Gasteiger partial charge is 0.0350 e. The predicted molar refractivity (Wildman–Crippen MR) is 81.7 cm³/mol. The fraction of sp³-hybridized carbons (Fsp3) is 0.500. The van der Waals surface area contributed by atoms with Gasteiger partial charge in [0.15, 0.2) is 0 Å². The standard InChI is InChI=1S/C16H25N3/c1-13(19-12-14-4-2-3-5-14)10-18-11-15-6-8-16(17)9-7-15/h6-9,14,18-19H,1-5,10-12,17H2. The van der Waals surface area contributed by atoms with Crippen molar-refractivity contribution in [1.29, 1.82) is 0 Å². The van der Waals surface area contributed by atoms with Crippen LogP contribution >= 0.6 is 0 Å². The molecule has 0 aliphatic heterocycles. The molecule has 4 N–H and O–H groups in total. The molecule has 104 valence electrons. The van der Waals surface area contributed by atoms with Crippen LogP contribution < -0.4 is 16.4 Å². The zero-order chi connectivity index (χ0) is 13.5. The third-order valence-electron chi connectivity index (χ3n) is 3.76. The van der Waals surface area contributed by atoms with E-state index in [1.165, 1.54) is 31.2 Å². The Labute approximate surface area is 116 Å². The molecule has 19 heavy (non-hydrogen) atoms. The Kier molecular flexibility index (Phi) is 5.28. The van der Waals surface area contributed by atoms with E-state index in [4.69, 9.17) is 5.73 Å². The highest BCUT2D eigenvalue weighted by Crippen LogP contribution is 2.23. The van der Waals surface area contributed by atoms with E-state index < -0.39 is 0 Å². The molecule has 1 aromatic carbocycles. The van der Waals surface area contributed by atoms with Gasteiger partial charge in [-0.05, 0) is 36.5 Å². The first kappa shape index (κ1) is 13.9. The lowest BCUT2D eigenvalue weighted by atomic mass is 10.1. The molecule has 1 aliphatic carbocycles. The van der Waals surface area contributed by atoms with Crippen LogP contribution in [0.4, 0.5) is 5.69 Å². The fourth-order valence-corrected chi connectivity index (χ4v) is 2.56. The maximum absolute atomic E-state index is 5.66. The molecule has 0 saturated heterocycles. The molecular formula is C16H25N3. The van der Waals surface area contributed by atoms with E-state index in [0.29, 0.717) is 0 Å². The highest BCUT2D eigenvalue weighted by Gasteiger charge is 2.14. The van der Waals surface area contributed by atoms with E-state index in [1.54, 1.807) is 0 Å². The predicted octanol–water partition coefficient (Wildman–Crippen LogP) is 2.65. The maximum Gasteiger partial charge on any atom is 0.0350 e. The van der Waals surface area contributed by atoms with Gasteiger partial charge < -0.3 is 16.4 Å². The van der Waals surface area contributed by atoms with E-state index >= 15 is 0 Å². The van der Waals surface area contributed by atoms with Gasteiger partial charge >= 0.3 is 0 Å². The molecule has 0 radical (unpaired) electrons. The lowest BCUT2D eigenvalue weighted by Crippen LogP contribution is -2.27. The highest BCUT2D eigenvalue weighted by molar-refractivity contribution is 5.39. The molecule has 0 unspecified atom stereocenters. The van der Waals surface area contributed by atoms with Gasteiger partial charge in [-0.3, -0.25) is 0 Å². The number of nitrogens with one attached hydrogen (secondary N) is 2. The summed E-state index contributed by atoms with van der Waals surface area (Å²) in [6.07, 6.45) is 5.54. The van der Waals surface area contributed by atoms with Crippen LogP contribution in [0.1, 0.15) is 31.2 Å². The maximum atomic E-state index is 5.66. The van der Waals surface area contributed by atoms with Crippen molar-refractivity contribution in [3.05, 3.63) is 42.1 Å². The summed E-state index contributed by atoms with van der Waals surface area (Å²) in [6, 6.07) is 7.97. The average molecular weight is 259 g/mol. The molecule has 1 aliphatic rings. The monoisotopic (exact) mass is 259 g/mol. The summed E-state index contributed by atoms with van der Waals surface area (Å²) < 4.78 is 0. The van der Waals surface area contributed by atoms with Crippen LogP contribution in [0.2, 0.25) is 0 Å². The van der Waals surface area contributed by atoms with Crippen molar-refractivity contribution in [1.82, 2.24) is 10.6 Å². The van der Waals surface area contributed by atoms with Crippen molar-refractivity contribution in [3.8, 4) is 0 Å². The largest absolute Gasteiger partial charge is 0.399 e. The van der Waals surface area contributed by atoms with Crippen molar-refractivity contribution < 1.29 is 0 Å². The molecule has 0 atom stereocenters. The Hall–Kier alpha value is -1.48. The summed E-state index contributed by atoms with van der Waals surface area (Å²) in [5, 5.41) is 6.84. The van der Waals surface area contributed by atoms with Crippen molar-refractivity contribution >= 4 is 5.69 Å². The zero-order valence-corrected chi connectivity index (χ0v) is 11.6. The molecule has 1 fully saturated rings. The average Bonchev–Trinajstić information content (AvgIpc) is 2.92. The first-order chi connectivity index (χ1) is 9.24. The molecule has 3 heteroatoms. The van der Waals surface area contributed by atoms with Crippen molar-refractivity contribution in [2.75, 3.05) is 18.8 Å². The van der Waals surface area contributed by atoms with Crippen LogP contribution in [-0.2, 0) is 6.54 Å². The number of benzene rings is 1. The number of hydrogen-bond donors (Lipinski definition) is 3. The Morgan fingerprint density at radius 2 is 1.89 bits per heavy atom. The van der Waals surface area contributed by atoms with Gasteiger partial charge in [0.1, 0.15) is 0 Å². The summed E-state index contributed by atoms with van der Waals surface area (Å²) in [5.74, 6) is 0.855. The molecule has 1 saturated carbocycles. The van der Waals surface area contributed by atoms with E-state index in [0.717, 1.165) is 36.9 Å². The summed E-state index contributed by atoms with van der Waals surface area (Å²) >= 11 is 0. The van der Waals surface area contributed by atoms with Gasteiger partial charge in [0, 0.05) is 31.0 Å². The van der Waals surface area contributed by atoms with E-state index in [-0.39, 0.29) is 0 Å². The third-order valence-corrected chi connectivity index (χ3v) is 3.76. The Morgan fingerprint density at radius 3 is 2.58 bits per heavy atom. The number of hydrogen-bond acceptors (Lipinski definition) is 3. The Balaban J connectivity index is 1.59. The minimum atomic E-state index is 0.811. The van der Waals surface area contributed by atoms with Gasteiger partial charge in [-0.25, -0.2) is 0 Å². The van der Waals surface area contributed by atoms with Crippen LogP contribution in [0.5, 0.6) is 0 Å². The molecule has 2 rings (SSSR count). The van der Waals surface area contributed by atoms with Crippen molar-refractivity contribution in [3.63, 3.8) is 0 Å². The topological polar surface area (TPSA) is 50.1 Å². The summed E-state index contributed by atoms with van der Waals surface area (Å²) in [7, 11) is 0. The van der Waals surface area contributed by atoms with Crippen LogP contribution in [-0.4, -0.2) is 13.1 Å². The summed E-state index contributed by atoms with van der Waals surface area (Å²) in [5.41, 5.74) is 8.80. The Morgan fingerprint density at radius 1 is 1.21 bits per heavy atom. The lowest BCUT2D eigenvalue weighted by Gasteiger charge is -2.14. The molecule has 1 aromatic rings. The quantitative estimate of drug-likeness (QED) is 0.660. The second-order valence-electron chi connectivity index (χ2n) is 5.48. The van der Waals surface area contributed by atoms with Crippen LogP contribution in [0, 0.1) is 5.92 Å². The van der Waals surface area contributed by atoms with Crippen LogP contribution in [0.15, 0.2) is 36.5 Å². The summed E-state index contributed by atoms with van der Waals surface area (Å²) in [6.45, 7) is 6.82. The lowest BCUT2D eigenvalue weighted by molar-refractivity contribution is 0.511. The molecule has 0 aromatic heterocycles. The summed E-state index contributed by atoms with van der Waals surface area (Å²) in [4.78, 5) is 0. The van der Waals surface area contributed by atoms with Gasteiger partial charge in [-0.2, -0.15) is 0 Å². The normalized spacial score (nSPS) is 15.6. The van der Waals surface area contributed by atoms with Crippen LogP contribution in [0.3, 0.4) is 0 Å². The van der Waals surface area contributed by atoms with Gasteiger partial charge in [-0.1, -0.05) is 31.6 Å². The third kappa shape index (κ3) is 4.95. The molecule has 0 bridgehead atoms. The molecule has 0 amide bonds. The number of nitrogens with two attached hydrogens (primary N) is 1. The van der Waals surface area contributed by atoms with Crippen molar-refractivity contribution in [2.24, 2.45) is 5.92 Å². The molecule has 3 nitrogen and oxygen atoms in total. The van der Waals surface area contributed by atoms with Gasteiger partial charge in [0.2, 0.25) is 0 Å². The number of rotatable bonds is 7. The molecule has 0 heterocycles. The van der Waals surface area contributed by atoms with E-state index in [9.17, 15) is 0 Å². The Bertz CT molecular complexity index is 391. The van der Waals surface area contributed by atoms with Gasteiger partial charge in [0.05, 0.1) is 0 Å². The number of anilines is 1. The van der Waals surface area contributed by atoms with Gasteiger partial charge in [-0.15, -0.1) is 0 Å². The van der Waals surface area contributed by atoms with Gasteiger partial charge in [0.25, 0.3) is 0 Å². The first-order valence-electron chi connectivity index (χ1n) is 7.21. The first-order valence-corrected chi connectivity index (χ1v) is 7.21. The fourth-order valence-electron chi connectivity index (χ4n) is 2.56.